The number of benzene rings is 1. The highest BCUT2D eigenvalue weighted by molar-refractivity contribution is 7.13. The number of nitrogens with zero attached hydrogens (tertiary/aromatic N) is 4. The van der Waals surface area contributed by atoms with Crippen molar-refractivity contribution in [3.05, 3.63) is 58.2 Å². The number of carbonyl (C=O) groups is 1. The van der Waals surface area contributed by atoms with Gasteiger partial charge in [-0.2, -0.15) is 0 Å². The number of fused-ring (bicyclic) bond motifs is 1. The molecular weight excluding hydrogens is 405 g/mol. The number of hydrogen-bond donors (Lipinski definition) is 1. The summed E-state index contributed by atoms with van der Waals surface area (Å²) in [5, 5.41) is 3.33. The molecule has 3 aromatic heterocycles. The van der Waals surface area contributed by atoms with Crippen LogP contribution in [0, 0.1) is 19.7 Å². The van der Waals surface area contributed by atoms with Crippen molar-refractivity contribution in [3.63, 3.8) is 0 Å². The fourth-order valence-electron chi connectivity index (χ4n) is 2.70. The molecule has 0 saturated carbocycles. The topological polar surface area (TPSA) is 81.9 Å². The zero-order valence-corrected chi connectivity index (χ0v) is 16.3. The lowest BCUT2D eigenvalue weighted by atomic mass is 10.2. The Bertz CT molecular complexity index is 1210. The Morgan fingerprint density at radius 3 is 2.86 bits per heavy atom. The van der Waals surface area contributed by atoms with Gasteiger partial charge in [0.1, 0.15) is 11.0 Å². The lowest BCUT2D eigenvalue weighted by molar-refractivity contribution is 0.211. The van der Waals surface area contributed by atoms with E-state index in [9.17, 15) is 9.18 Å². The summed E-state index contributed by atoms with van der Waals surface area (Å²) in [6.07, 6.45) is 2.36. The quantitative estimate of drug-likeness (QED) is 0.522. The molecule has 0 saturated heterocycles. The van der Waals surface area contributed by atoms with Crippen LogP contribution in [-0.2, 0) is 0 Å². The molecule has 0 unspecified atom stereocenters. The molecule has 4 rings (SSSR count). The van der Waals surface area contributed by atoms with Gasteiger partial charge in [0.05, 0.1) is 17.4 Å². The number of amides is 1. The van der Waals surface area contributed by atoms with Gasteiger partial charge < -0.3 is 4.74 Å². The molecule has 142 valence electrons. The van der Waals surface area contributed by atoms with E-state index in [0.29, 0.717) is 32.6 Å². The van der Waals surface area contributed by atoms with Gasteiger partial charge >= 0.3 is 6.09 Å². The summed E-state index contributed by atoms with van der Waals surface area (Å²) in [6, 6.07) is 4.32. The van der Waals surface area contributed by atoms with Crippen molar-refractivity contribution < 1.29 is 13.9 Å². The lowest BCUT2D eigenvalue weighted by Gasteiger charge is -2.10. The van der Waals surface area contributed by atoms with Gasteiger partial charge in [-0.05, 0) is 37.6 Å². The van der Waals surface area contributed by atoms with Crippen LogP contribution in [0.2, 0.25) is 5.15 Å². The Hall–Kier alpha value is -3.04. The van der Waals surface area contributed by atoms with Gasteiger partial charge in [-0.15, -0.1) is 11.3 Å². The second-order valence-corrected chi connectivity index (χ2v) is 7.21. The second-order valence-electron chi connectivity index (χ2n) is 5.96. The molecule has 0 spiro atoms. The first kappa shape index (κ1) is 18.3. The first-order valence-corrected chi connectivity index (χ1v) is 9.37. The van der Waals surface area contributed by atoms with Crippen molar-refractivity contribution in [1.29, 1.82) is 0 Å². The Morgan fingerprint density at radius 2 is 2.14 bits per heavy atom. The molecule has 0 aliphatic carbocycles. The average molecular weight is 418 g/mol. The number of hydrogen-bond acceptors (Lipinski definition) is 6. The summed E-state index contributed by atoms with van der Waals surface area (Å²) in [5.41, 5.74) is 4.55. The number of nitrogens with one attached hydrogen (secondary N) is 1. The Kier molecular flexibility index (Phi) is 4.70. The van der Waals surface area contributed by atoms with E-state index < -0.39 is 6.09 Å². The van der Waals surface area contributed by atoms with Crippen molar-refractivity contribution in [2.45, 2.75) is 13.8 Å². The maximum absolute atomic E-state index is 13.4. The summed E-state index contributed by atoms with van der Waals surface area (Å²) >= 11 is 7.14. The fraction of sp³-hybridized carbons (Fsp3) is 0.111. The van der Waals surface area contributed by atoms with Crippen LogP contribution in [-0.4, -0.2) is 25.7 Å². The van der Waals surface area contributed by atoms with Crippen LogP contribution in [0.15, 0.2) is 36.0 Å². The molecule has 3 heterocycles. The van der Waals surface area contributed by atoms with Crippen molar-refractivity contribution >= 4 is 39.9 Å². The van der Waals surface area contributed by atoms with E-state index in [4.69, 9.17) is 16.3 Å². The minimum absolute atomic E-state index is 0.211. The summed E-state index contributed by atoms with van der Waals surface area (Å²) in [5.74, 6) is 0.268. The minimum atomic E-state index is -0.724. The summed E-state index contributed by atoms with van der Waals surface area (Å²) in [7, 11) is 0. The Balaban J connectivity index is 1.53. The molecule has 7 nitrogen and oxygen atoms in total. The molecule has 0 aliphatic heterocycles. The van der Waals surface area contributed by atoms with Gasteiger partial charge in [-0.1, -0.05) is 11.6 Å². The zero-order chi connectivity index (χ0) is 19.8. The highest BCUT2D eigenvalue weighted by Crippen LogP contribution is 2.25. The number of halogens is 2. The smallest absolute Gasteiger partial charge is 0.406 e. The second kappa shape index (κ2) is 7.17. The molecule has 4 aromatic rings. The third-order valence-corrected chi connectivity index (χ3v) is 5.14. The largest absolute Gasteiger partial charge is 0.432 e. The molecule has 1 aromatic carbocycles. The number of ether oxygens (including phenoxy) is 1. The predicted octanol–water partition coefficient (Wildman–Crippen LogP) is 4.71. The van der Waals surface area contributed by atoms with Gasteiger partial charge in [0.2, 0.25) is 0 Å². The third-order valence-electron chi connectivity index (χ3n) is 3.98. The van der Waals surface area contributed by atoms with Gasteiger partial charge in [0.25, 0.3) is 0 Å². The minimum Gasteiger partial charge on any atom is -0.406 e. The summed E-state index contributed by atoms with van der Waals surface area (Å²) in [6.45, 7) is 3.52. The molecule has 1 N–H and O–H groups in total. The molecule has 0 fully saturated rings. The van der Waals surface area contributed by atoms with Crippen LogP contribution in [0.4, 0.5) is 9.18 Å². The van der Waals surface area contributed by atoms with Crippen LogP contribution in [0.25, 0.3) is 21.7 Å². The molecule has 0 aliphatic rings. The number of aromatic nitrogens is 4. The van der Waals surface area contributed by atoms with Crippen LogP contribution >= 0.6 is 22.9 Å². The van der Waals surface area contributed by atoms with Crippen molar-refractivity contribution in [2.75, 3.05) is 5.43 Å². The third kappa shape index (κ3) is 3.54. The number of aryl methyl sites for hydroxylation is 2. The lowest BCUT2D eigenvalue weighted by Crippen LogP contribution is -2.25. The van der Waals surface area contributed by atoms with Crippen molar-refractivity contribution in [1.82, 2.24) is 19.6 Å². The number of rotatable bonds is 3. The Labute approximate surface area is 167 Å². The highest BCUT2D eigenvalue weighted by Gasteiger charge is 2.14. The standard InChI is InChI=1S/C18H13ClFN5O2S/c1-9-7-25(13-4-3-11(20)5-12(9)13)24-18(26)27-14-6-21-16(22-10(14)2)17-23-15(19)8-28-17/h3-8H,1-2H3,(H,24,26). The van der Waals surface area contributed by atoms with Crippen molar-refractivity contribution in [2.24, 2.45) is 0 Å². The van der Waals surface area contributed by atoms with E-state index in [1.165, 1.54) is 34.3 Å². The zero-order valence-electron chi connectivity index (χ0n) is 14.7. The van der Waals surface area contributed by atoms with E-state index in [1.807, 2.05) is 6.92 Å². The molecule has 28 heavy (non-hydrogen) atoms. The van der Waals surface area contributed by atoms with Crippen LogP contribution in [0.1, 0.15) is 11.3 Å². The molecule has 0 bridgehead atoms. The molecule has 0 atom stereocenters. The monoisotopic (exact) mass is 417 g/mol. The highest BCUT2D eigenvalue weighted by atomic mass is 35.5. The molecule has 1 amide bonds. The maximum atomic E-state index is 13.4. The van der Waals surface area contributed by atoms with Gasteiger partial charge in [-0.3, -0.25) is 4.68 Å². The normalized spacial score (nSPS) is 11.0. The molecule has 10 heteroatoms. The van der Waals surface area contributed by atoms with Gasteiger partial charge in [-0.25, -0.2) is 29.6 Å². The first-order chi connectivity index (χ1) is 13.4. The average Bonchev–Trinajstić information content (AvgIpc) is 3.21. The fourth-order valence-corrected chi connectivity index (χ4v) is 3.58. The SMILES string of the molecule is Cc1nc(-c2nc(Cl)cs2)ncc1OC(=O)Nn1cc(C)c2cc(F)ccc21. The van der Waals surface area contributed by atoms with Crippen LogP contribution < -0.4 is 10.2 Å². The van der Waals surface area contributed by atoms with Crippen LogP contribution in [0.3, 0.4) is 0 Å². The summed E-state index contributed by atoms with van der Waals surface area (Å²) in [4.78, 5) is 24.9. The van der Waals surface area contributed by atoms with Crippen LogP contribution in [0.5, 0.6) is 5.75 Å². The molecule has 0 radical (unpaired) electrons. The molecular formula is C18H13ClFN5O2S. The maximum Gasteiger partial charge on any atom is 0.432 e. The Morgan fingerprint density at radius 1 is 1.32 bits per heavy atom. The number of carbonyl (C=O) groups excluding carboxylic acids is 1. The first-order valence-electron chi connectivity index (χ1n) is 8.12. The van der Waals surface area contributed by atoms with E-state index in [1.54, 1.807) is 24.6 Å². The summed E-state index contributed by atoms with van der Waals surface area (Å²) < 4.78 is 20.2. The number of thiazole rings is 1. The predicted molar refractivity (Wildman–Crippen MR) is 105 cm³/mol. The van der Waals surface area contributed by atoms with Gasteiger partial charge in [0.15, 0.2) is 16.6 Å². The van der Waals surface area contributed by atoms with Crippen molar-refractivity contribution in [3.8, 4) is 16.6 Å². The van der Waals surface area contributed by atoms with E-state index in [2.05, 4.69) is 20.4 Å². The van der Waals surface area contributed by atoms with E-state index in [-0.39, 0.29) is 11.6 Å². The van der Waals surface area contributed by atoms with E-state index in [0.717, 1.165) is 5.56 Å². The van der Waals surface area contributed by atoms with E-state index >= 15 is 0 Å². The van der Waals surface area contributed by atoms with Gasteiger partial charge in [0, 0.05) is 17.0 Å².